The van der Waals surface area contributed by atoms with E-state index in [2.05, 4.69) is 18.3 Å². The number of halogens is 1. The fraction of sp³-hybridized carbons (Fsp3) is 0.562. The van der Waals surface area contributed by atoms with Crippen LogP contribution in [0.1, 0.15) is 37.3 Å². The second-order valence-electron chi connectivity index (χ2n) is 5.07. The van der Waals surface area contributed by atoms with Crippen LogP contribution in [0.4, 0.5) is 0 Å². The molecule has 1 N–H and O–H groups in total. The number of nitrogens with one attached hydrogen (secondary N) is 1. The largest absolute Gasteiger partial charge is 0.469 e. The fourth-order valence-electron chi connectivity index (χ4n) is 2.10. The number of carbonyl (C=O) groups is 1. The highest BCUT2D eigenvalue weighted by Crippen LogP contribution is 2.18. The fourth-order valence-corrected chi connectivity index (χ4v) is 2.22. The van der Waals surface area contributed by atoms with Gasteiger partial charge in [0, 0.05) is 11.1 Å². The normalized spacial score (nSPS) is 12.2. The molecule has 1 aromatic rings. The van der Waals surface area contributed by atoms with E-state index in [1.54, 1.807) is 0 Å². The Morgan fingerprint density at radius 3 is 2.80 bits per heavy atom. The van der Waals surface area contributed by atoms with Gasteiger partial charge in [0.05, 0.1) is 13.5 Å². The molecule has 0 aliphatic rings. The third-order valence-corrected chi connectivity index (χ3v) is 3.73. The van der Waals surface area contributed by atoms with Gasteiger partial charge < -0.3 is 10.1 Å². The van der Waals surface area contributed by atoms with Crippen molar-refractivity contribution in [2.75, 3.05) is 13.7 Å². The summed E-state index contributed by atoms with van der Waals surface area (Å²) in [5, 5.41) is 4.21. The molecule has 1 unspecified atom stereocenters. The van der Waals surface area contributed by atoms with E-state index in [9.17, 15) is 4.79 Å². The van der Waals surface area contributed by atoms with Crippen LogP contribution in [0.5, 0.6) is 0 Å². The second-order valence-corrected chi connectivity index (χ2v) is 5.48. The van der Waals surface area contributed by atoms with Crippen molar-refractivity contribution in [1.29, 1.82) is 0 Å². The standard InChI is InChI=1S/C16H24ClNO2/c1-4-5-8-18-14(11-16(19)20-3)10-13-6-7-15(17)12(2)9-13/h6-7,9,14,18H,4-5,8,10-11H2,1-3H3. The molecule has 112 valence electrons. The van der Waals surface area contributed by atoms with Crippen molar-refractivity contribution in [2.45, 2.75) is 45.6 Å². The Morgan fingerprint density at radius 2 is 2.20 bits per heavy atom. The third kappa shape index (κ3) is 5.93. The van der Waals surface area contributed by atoms with E-state index in [-0.39, 0.29) is 12.0 Å². The zero-order valence-electron chi connectivity index (χ0n) is 12.5. The summed E-state index contributed by atoms with van der Waals surface area (Å²) >= 11 is 6.04. The molecule has 1 rings (SSSR count). The van der Waals surface area contributed by atoms with Crippen LogP contribution in [0.3, 0.4) is 0 Å². The summed E-state index contributed by atoms with van der Waals surface area (Å²) in [6.07, 6.45) is 3.44. The quantitative estimate of drug-likeness (QED) is 0.589. The summed E-state index contributed by atoms with van der Waals surface area (Å²) in [5.74, 6) is -0.176. The number of aryl methyl sites for hydroxylation is 1. The van der Waals surface area contributed by atoms with Gasteiger partial charge in [0.15, 0.2) is 0 Å². The highest BCUT2D eigenvalue weighted by atomic mass is 35.5. The minimum absolute atomic E-state index is 0.106. The Hall–Kier alpha value is -1.06. The zero-order valence-corrected chi connectivity index (χ0v) is 13.3. The Morgan fingerprint density at radius 1 is 1.45 bits per heavy atom. The molecule has 0 bridgehead atoms. The molecule has 0 fully saturated rings. The summed E-state index contributed by atoms with van der Waals surface area (Å²) in [4.78, 5) is 11.5. The second kappa shape index (κ2) is 8.98. The molecule has 0 aliphatic carbocycles. The van der Waals surface area contributed by atoms with Crippen LogP contribution in [0, 0.1) is 6.92 Å². The molecule has 4 heteroatoms. The van der Waals surface area contributed by atoms with Crippen LogP contribution in [0.15, 0.2) is 18.2 Å². The lowest BCUT2D eigenvalue weighted by atomic mass is 10.0. The van der Waals surface area contributed by atoms with Gasteiger partial charge in [-0.05, 0) is 43.5 Å². The Kier molecular flexibility index (Phi) is 7.63. The van der Waals surface area contributed by atoms with Crippen LogP contribution in [0.25, 0.3) is 0 Å². The lowest BCUT2D eigenvalue weighted by Gasteiger charge is -2.18. The van der Waals surface area contributed by atoms with Gasteiger partial charge in [0.25, 0.3) is 0 Å². The number of hydrogen-bond acceptors (Lipinski definition) is 3. The Bertz CT molecular complexity index is 434. The number of benzene rings is 1. The van der Waals surface area contributed by atoms with Gasteiger partial charge in [-0.1, -0.05) is 37.1 Å². The van der Waals surface area contributed by atoms with Gasteiger partial charge in [-0.2, -0.15) is 0 Å². The van der Waals surface area contributed by atoms with Gasteiger partial charge >= 0.3 is 5.97 Å². The molecule has 0 spiro atoms. The number of rotatable bonds is 8. The molecule has 20 heavy (non-hydrogen) atoms. The molecule has 1 aromatic carbocycles. The van der Waals surface area contributed by atoms with Gasteiger partial charge in [0.2, 0.25) is 0 Å². The zero-order chi connectivity index (χ0) is 15.0. The van der Waals surface area contributed by atoms with Crippen molar-refractivity contribution < 1.29 is 9.53 Å². The third-order valence-electron chi connectivity index (χ3n) is 3.31. The molecule has 0 aromatic heterocycles. The monoisotopic (exact) mass is 297 g/mol. The van der Waals surface area contributed by atoms with E-state index in [1.165, 1.54) is 12.7 Å². The first kappa shape index (κ1) is 17.0. The number of carbonyl (C=O) groups excluding carboxylic acids is 1. The molecule has 0 saturated heterocycles. The van der Waals surface area contributed by atoms with Gasteiger partial charge in [-0.25, -0.2) is 0 Å². The van der Waals surface area contributed by atoms with E-state index in [1.807, 2.05) is 19.1 Å². The molecule has 3 nitrogen and oxygen atoms in total. The van der Waals surface area contributed by atoms with E-state index in [0.29, 0.717) is 6.42 Å². The van der Waals surface area contributed by atoms with Gasteiger partial charge in [0.1, 0.15) is 0 Å². The first-order valence-electron chi connectivity index (χ1n) is 7.12. The number of methoxy groups -OCH3 is 1. The first-order valence-corrected chi connectivity index (χ1v) is 7.49. The highest BCUT2D eigenvalue weighted by molar-refractivity contribution is 6.31. The lowest BCUT2D eigenvalue weighted by molar-refractivity contribution is -0.141. The van der Waals surface area contributed by atoms with E-state index in [4.69, 9.17) is 16.3 Å². The topological polar surface area (TPSA) is 38.3 Å². The van der Waals surface area contributed by atoms with E-state index < -0.39 is 0 Å². The Balaban J connectivity index is 2.66. The highest BCUT2D eigenvalue weighted by Gasteiger charge is 2.14. The summed E-state index contributed by atoms with van der Waals surface area (Å²) in [5.41, 5.74) is 2.25. The predicted octanol–water partition coefficient (Wildman–Crippen LogP) is 3.51. The summed E-state index contributed by atoms with van der Waals surface area (Å²) in [6.45, 7) is 5.07. The molecule has 0 saturated carbocycles. The number of unbranched alkanes of at least 4 members (excludes halogenated alkanes) is 1. The minimum atomic E-state index is -0.176. The first-order chi connectivity index (χ1) is 9.56. The van der Waals surface area contributed by atoms with E-state index in [0.717, 1.165) is 36.4 Å². The van der Waals surface area contributed by atoms with Crippen LogP contribution in [-0.2, 0) is 16.0 Å². The van der Waals surface area contributed by atoms with E-state index >= 15 is 0 Å². The summed E-state index contributed by atoms with van der Waals surface area (Å²) < 4.78 is 4.77. The van der Waals surface area contributed by atoms with Crippen molar-refractivity contribution in [1.82, 2.24) is 5.32 Å². The van der Waals surface area contributed by atoms with Crippen LogP contribution < -0.4 is 5.32 Å². The molecule has 0 heterocycles. The number of hydrogen-bond donors (Lipinski definition) is 1. The molecule has 0 aliphatic heterocycles. The molecule has 0 amide bonds. The smallest absolute Gasteiger partial charge is 0.307 e. The van der Waals surface area contributed by atoms with Crippen molar-refractivity contribution in [3.05, 3.63) is 34.3 Å². The number of ether oxygens (including phenoxy) is 1. The molecular weight excluding hydrogens is 274 g/mol. The maximum atomic E-state index is 11.5. The maximum Gasteiger partial charge on any atom is 0.307 e. The van der Waals surface area contributed by atoms with Crippen molar-refractivity contribution in [3.8, 4) is 0 Å². The van der Waals surface area contributed by atoms with Crippen molar-refractivity contribution in [3.63, 3.8) is 0 Å². The summed E-state index contributed by atoms with van der Waals surface area (Å²) in [7, 11) is 1.43. The molecule has 1 atom stereocenters. The van der Waals surface area contributed by atoms with Crippen molar-refractivity contribution >= 4 is 17.6 Å². The average molecular weight is 298 g/mol. The lowest BCUT2D eigenvalue weighted by Crippen LogP contribution is -2.34. The Labute approximate surface area is 126 Å². The van der Waals surface area contributed by atoms with Crippen LogP contribution in [-0.4, -0.2) is 25.7 Å². The predicted molar refractivity (Wildman–Crippen MR) is 83.2 cm³/mol. The summed E-state index contributed by atoms with van der Waals surface area (Å²) in [6, 6.07) is 6.11. The average Bonchev–Trinajstić information content (AvgIpc) is 2.43. The van der Waals surface area contributed by atoms with Crippen LogP contribution in [0.2, 0.25) is 5.02 Å². The van der Waals surface area contributed by atoms with Gasteiger partial charge in [-0.15, -0.1) is 0 Å². The molecule has 0 radical (unpaired) electrons. The number of esters is 1. The van der Waals surface area contributed by atoms with Crippen LogP contribution >= 0.6 is 11.6 Å². The van der Waals surface area contributed by atoms with Crippen molar-refractivity contribution in [2.24, 2.45) is 0 Å². The van der Waals surface area contributed by atoms with Gasteiger partial charge in [-0.3, -0.25) is 4.79 Å². The maximum absolute atomic E-state index is 11.5. The molecular formula is C16H24ClNO2. The SMILES string of the molecule is CCCCNC(CC(=O)OC)Cc1ccc(Cl)c(C)c1. The minimum Gasteiger partial charge on any atom is -0.469 e.